The van der Waals surface area contributed by atoms with E-state index in [1.54, 1.807) is 18.3 Å². The molecule has 2 aromatic heterocycles. The molecule has 0 aliphatic heterocycles. The SMILES string of the molecule is Nc1oc2c(Nc3ccccc3)nccc2c1Nc1ccc(F)c(Cl)c1. The minimum atomic E-state index is -0.485. The number of anilines is 5. The molecule has 130 valence electrons. The molecule has 0 radical (unpaired) electrons. The highest BCUT2D eigenvalue weighted by atomic mass is 35.5. The fourth-order valence-electron chi connectivity index (χ4n) is 2.64. The van der Waals surface area contributed by atoms with Crippen LogP contribution in [0.4, 0.5) is 33.2 Å². The van der Waals surface area contributed by atoms with Crippen LogP contribution in [0.5, 0.6) is 0 Å². The van der Waals surface area contributed by atoms with E-state index in [4.69, 9.17) is 21.8 Å². The number of hydrogen-bond acceptors (Lipinski definition) is 5. The molecule has 2 aromatic carbocycles. The van der Waals surface area contributed by atoms with Gasteiger partial charge in [0.1, 0.15) is 11.5 Å². The van der Waals surface area contributed by atoms with E-state index in [9.17, 15) is 4.39 Å². The van der Waals surface area contributed by atoms with Crippen molar-refractivity contribution in [3.63, 3.8) is 0 Å². The number of pyridine rings is 1. The summed E-state index contributed by atoms with van der Waals surface area (Å²) in [4.78, 5) is 4.33. The minimum absolute atomic E-state index is 0.0227. The van der Waals surface area contributed by atoms with Crippen molar-refractivity contribution in [2.24, 2.45) is 0 Å². The number of halogens is 2. The summed E-state index contributed by atoms with van der Waals surface area (Å²) < 4.78 is 19.1. The highest BCUT2D eigenvalue weighted by molar-refractivity contribution is 6.31. The standard InChI is InChI=1S/C19H14ClFN4O/c20-14-10-12(6-7-15(14)21)24-16-13-8-9-23-19(17(13)26-18(16)22)25-11-4-2-1-3-5-11/h1-10,24H,22H2,(H,23,25). The van der Waals surface area contributed by atoms with Gasteiger partial charge in [-0.1, -0.05) is 29.8 Å². The lowest BCUT2D eigenvalue weighted by molar-refractivity contribution is 0.628. The van der Waals surface area contributed by atoms with Gasteiger partial charge in [-0.15, -0.1) is 0 Å². The molecule has 26 heavy (non-hydrogen) atoms. The van der Waals surface area contributed by atoms with Crippen LogP contribution in [-0.2, 0) is 0 Å². The number of nitrogens with zero attached hydrogens (tertiary/aromatic N) is 1. The van der Waals surface area contributed by atoms with E-state index in [0.717, 1.165) is 11.1 Å². The molecule has 0 saturated heterocycles. The number of nitrogens with two attached hydrogens (primary N) is 1. The van der Waals surface area contributed by atoms with E-state index in [0.29, 0.717) is 22.8 Å². The number of furan rings is 1. The largest absolute Gasteiger partial charge is 0.435 e. The Kier molecular flexibility index (Phi) is 4.10. The summed E-state index contributed by atoms with van der Waals surface area (Å²) in [6, 6.07) is 15.8. The third-order valence-electron chi connectivity index (χ3n) is 3.86. The van der Waals surface area contributed by atoms with Gasteiger partial charge in [0.25, 0.3) is 0 Å². The maximum Gasteiger partial charge on any atom is 0.215 e. The first-order valence-corrected chi connectivity index (χ1v) is 8.21. The van der Waals surface area contributed by atoms with E-state index in [1.807, 2.05) is 30.3 Å². The van der Waals surface area contributed by atoms with Gasteiger partial charge in [0.05, 0.1) is 10.4 Å². The number of aromatic nitrogens is 1. The Bertz CT molecular complexity index is 1080. The maximum atomic E-state index is 13.4. The molecular formula is C19H14ClFN4O. The van der Waals surface area contributed by atoms with E-state index in [2.05, 4.69) is 15.6 Å². The lowest BCUT2D eigenvalue weighted by atomic mass is 10.2. The first-order chi connectivity index (χ1) is 12.6. The van der Waals surface area contributed by atoms with Gasteiger partial charge >= 0.3 is 0 Å². The summed E-state index contributed by atoms with van der Waals surface area (Å²) in [5.74, 6) is 0.260. The molecule has 0 aliphatic rings. The summed E-state index contributed by atoms with van der Waals surface area (Å²) in [6.45, 7) is 0. The lowest BCUT2D eigenvalue weighted by Gasteiger charge is -2.07. The van der Waals surface area contributed by atoms with Crippen LogP contribution in [0.15, 0.2) is 65.2 Å². The Morgan fingerprint density at radius 1 is 1.00 bits per heavy atom. The molecule has 0 saturated carbocycles. The van der Waals surface area contributed by atoms with Crippen LogP contribution >= 0.6 is 11.6 Å². The predicted octanol–water partition coefficient (Wildman–Crippen LogP) is 5.69. The van der Waals surface area contributed by atoms with Crippen LogP contribution in [0.1, 0.15) is 0 Å². The predicted molar refractivity (Wildman–Crippen MR) is 103 cm³/mol. The number of fused-ring (bicyclic) bond motifs is 1. The zero-order valence-electron chi connectivity index (χ0n) is 13.5. The third-order valence-corrected chi connectivity index (χ3v) is 4.15. The fraction of sp³-hybridized carbons (Fsp3) is 0. The van der Waals surface area contributed by atoms with Gasteiger partial charge in [-0.3, -0.25) is 0 Å². The number of nitrogens with one attached hydrogen (secondary N) is 2. The smallest absolute Gasteiger partial charge is 0.215 e. The van der Waals surface area contributed by atoms with E-state index >= 15 is 0 Å². The van der Waals surface area contributed by atoms with Crippen LogP contribution in [0.2, 0.25) is 5.02 Å². The van der Waals surface area contributed by atoms with Gasteiger partial charge in [-0.25, -0.2) is 9.37 Å². The van der Waals surface area contributed by atoms with Crippen molar-refractivity contribution >= 4 is 51.3 Å². The van der Waals surface area contributed by atoms with Gasteiger partial charge in [0, 0.05) is 17.6 Å². The summed E-state index contributed by atoms with van der Waals surface area (Å²) in [6.07, 6.45) is 1.66. The second-order valence-electron chi connectivity index (χ2n) is 5.62. The van der Waals surface area contributed by atoms with Gasteiger partial charge in [0.15, 0.2) is 11.4 Å². The monoisotopic (exact) mass is 368 g/mol. The molecule has 0 bridgehead atoms. The van der Waals surface area contributed by atoms with E-state index in [-0.39, 0.29) is 10.9 Å². The van der Waals surface area contributed by atoms with Crippen molar-refractivity contribution in [2.75, 3.05) is 16.4 Å². The van der Waals surface area contributed by atoms with Crippen LogP contribution in [0, 0.1) is 5.82 Å². The zero-order chi connectivity index (χ0) is 18.1. The molecule has 4 rings (SSSR count). The molecule has 4 N–H and O–H groups in total. The number of rotatable bonds is 4. The molecule has 0 spiro atoms. The van der Waals surface area contributed by atoms with Gasteiger partial charge in [0.2, 0.25) is 5.88 Å². The molecule has 2 heterocycles. The second kappa shape index (κ2) is 6.57. The number of hydrogen-bond donors (Lipinski definition) is 3. The topological polar surface area (TPSA) is 76.1 Å². The first-order valence-electron chi connectivity index (χ1n) is 7.83. The van der Waals surface area contributed by atoms with Crippen molar-refractivity contribution < 1.29 is 8.81 Å². The van der Waals surface area contributed by atoms with Crippen LogP contribution in [-0.4, -0.2) is 4.98 Å². The van der Waals surface area contributed by atoms with Crippen LogP contribution in [0.25, 0.3) is 11.0 Å². The molecule has 0 unspecified atom stereocenters. The quantitative estimate of drug-likeness (QED) is 0.431. The summed E-state index contributed by atoms with van der Waals surface area (Å²) in [5.41, 5.74) is 8.60. The highest BCUT2D eigenvalue weighted by Crippen LogP contribution is 2.38. The van der Waals surface area contributed by atoms with Crippen LogP contribution < -0.4 is 16.4 Å². The Morgan fingerprint density at radius 3 is 2.58 bits per heavy atom. The molecule has 0 amide bonds. The van der Waals surface area contributed by atoms with Gasteiger partial charge in [-0.2, -0.15) is 0 Å². The first kappa shape index (κ1) is 16.2. The Labute approximate surface area is 153 Å². The maximum absolute atomic E-state index is 13.4. The molecule has 7 heteroatoms. The van der Waals surface area contributed by atoms with E-state index in [1.165, 1.54) is 12.1 Å². The molecule has 4 aromatic rings. The van der Waals surface area contributed by atoms with E-state index < -0.39 is 5.82 Å². The summed E-state index contributed by atoms with van der Waals surface area (Å²) >= 11 is 5.84. The van der Waals surface area contributed by atoms with Crippen molar-refractivity contribution in [3.8, 4) is 0 Å². The summed E-state index contributed by atoms with van der Waals surface area (Å²) in [7, 11) is 0. The molecule has 5 nitrogen and oxygen atoms in total. The van der Waals surface area contributed by atoms with Crippen LogP contribution in [0.3, 0.4) is 0 Å². The number of benzene rings is 2. The molecule has 0 aliphatic carbocycles. The van der Waals surface area contributed by atoms with Crippen molar-refractivity contribution in [1.29, 1.82) is 0 Å². The lowest BCUT2D eigenvalue weighted by Crippen LogP contribution is -1.95. The zero-order valence-corrected chi connectivity index (χ0v) is 14.2. The second-order valence-corrected chi connectivity index (χ2v) is 6.03. The van der Waals surface area contributed by atoms with Crippen molar-refractivity contribution in [1.82, 2.24) is 4.98 Å². The number of nitrogen functional groups attached to an aromatic ring is 1. The normalized spacial score (nSPS) is 10.8. The highest BCUT2D eigenvalue weighted by Gasteiger charge is 2.16. The minimum Gasteiger partial charge on any atom is -0.435 e. The fourth-order valence-corrected chi connectivity index (χ4v) is 2.82. The van der Waals surface area contributed by atoms with Gasteiger partial charge in [-0.05, 0) is 36.4 Å². The summed E-state index contributed by atoms with van der Waals surface area (Å²) in [5, 5.41) is 7.11. The Morgan fingerprint density at radius 2 is 1.81 bits per heavy atom. The average Bonchev–Trinajstić information content (AvgIpc) is 2.96. The van der Waals surface area contributed by atoms with Crippen molar-refractivity contribution in [2.45, 2.75) is 0 Å². The Balaban J connectivity index is 1.73. The average molecular weight is 369 g/mol. The molecule has 0 atom stereocenters. The third kappa shape index (κ3) is 3.02. The number of para-hydroxylation sites is 1. The molecule has 0 fully saturated rings. The van der Waals surface area contributed by atoms with Gasteiger partial charge < -0.3 is 20.8 Å². The van der Waals surface area contributed by atoms with Crippen molar-refractivity contribution in [3.05, 3.63) is 71.6 Å². The molecular weight excluding hydrogens is 355 g/mol. The Hall–Kier alpha value is -3.25.